The third-order valence-electron chi connectivity index (χ3n) is 1.30. The van der Waals surface area contributed by atoms with Gasteiger partial charge >= 0.3 is 0 Å². The first-order valence-corrected chi connectivity index (χ1v) is 3.54. The highest BCUT2D eigenvalue weighted by Gasteiger charge is 2.11. The van der Waals surface area contributed by atoms with Crippen molar-refractivity contribution >= 4 is 5.96 Å². The van der Waals surface area contributed by atoms with Crippen molar-refractivity contribution in [1.82, 2.24) is 4.90 Å². The molecule has 0 heterocycles. The molecule has 4 N–H and O–H groups in total. The van der Waals surface area contributed by atoms with Crippen LogP contribution in [0.25, 0.3) is 0 Å². The summed E-state index contributed by atoms with van der Waals surface area (Å²) in [5, 5.41) is 16.3. The van der Waals surface area contributed by atoms with Crippen molar-refractivity contribution in [3.63, 3.8) is 0 Å². The summed E-state index contributed by atoms with van der Waals surface area (Å²) in [6, 6.07) is 0. The van der Waals surface area contributed by atoms with Gasteiger partial charge in [0.25, 0.3) is 0 Å². The lowest BCUT2D eigenvalue weighted by molar-refractivity contribution is 0.0951. The van der Waals surface area contributed by atoms with Gasteiger partial charge in [-0.05, 0) is 12.5 Å². The van der Waals surface area contributed by atoms with Crippen LogP contribution in [0, 0.1) is 5.41 Å². The fourth-order valence-electron chi connectivity index (χ4n) is 0.763. The van der Waals surface area contributed by atoms with Crippen molar-refractivity contribution in [2.45, 2.75) is 19.6 Å². The molecule has 0 fully saturated rings. The molecule has 0 aliphatic carbocycles. The summed E-state index contributed by atoms with van der Waals surface area (Å²) in [7, 11) is 0. The molecular weight excluding hydrogens is 142 g/mol. The lowest BCUT2D eigenvalue weighted by atomic mass is 10.4. The molecule has 0 spiro atoms. The first-order valence-electron chi connectivity index (χ1n) is 3.54. The number of nitrogens with two attached hydrogens (primary N) is 1. The standard InChI is InChI=1S/C7H15N3O/c1-3-5-10(7(8)9)6(11)4-2/h4,6,11H,2-3,5H2,1H3,(H3,8,9). The van der Waals surface area contributed by atoms with Gasteiger partial charge in [0.15, 0.2) is 5.96 Å². The van der Waals surface area contributed by atoms with Gasteiger partial charge in [-0.15, -0.1) is 0 Å². The molecule has 0 bridgehead atoms. The predicted octanol–water partition coefficient (Wildman–Crippen LogP) is 0.0963. The molecule has 64 valence electrons. The molecule has 0 saturated carbocycles. The maximum atomic E-state index is 9.21. The average molecular weight is 157 g/mol. The molecule has 0 radical (unpaired) electrons. The van der Waals surface area contributed by atoms with E-state index in [0.717, 1.165) is 6.42 Å². The summed E-state index contributed by atoms with van der Waals surface area (Å²) in [6.45, 7) is 5.92. The van der Waals surface area contributed by atoms with E-state index in [1.165, 1.54) is 11.0 Å². The molecule has 0 aliphatic heterocycles. The van der Waals surface area contributed by atoms with Crippen molar-refractivity contribution in [2.24, 2.45) is 5.73 Å². The van der Waals surface area contributed by atoms with E-state index in [4.69, 9.17) is 11.1 Å². The minimum atomic E-state index is -0.840. The zero-order valence-electron chi connectivity index (χ0n) is 6.75. The maximum Gasteiger partial charge on any atom is 0.190 e. The molecule has 1 unspecified atom stereocenters. The number of nitrogens with zero attached hydrogens (tertiary/aromatic N) is 1. The van der Waals surface area contributed by atoms with E-state index in [9.17, 15) is 5.11 Å². The minimum Gasteiger partial charge on any atom is -0.370 e. The monoisotopic (exact) mass is 157 g/mol. The number of nitrogens with one attached hydrogen (secondary N) is 1. The van der Waals surface area contributed by atoms with Gasteiger partial charge in [-0.2, -0.15) is 0 Å². The molecule has 11 heavy (non-hydrogen) atoms. The van der Waals surface area contributed by atoms with Crippen molar-refractivity contribution in [2.75, 3.05) is 6.54 Å². The van der Waals surface area contributed by atoms with E-state index >= 15 is 0 Å². The Morgan fingerprint density at radius 1 is 1.91 bits per heavy atom. The molecule has 0 saturated heterocycles. The van der Waals surface area contributed by atoms with Crippen LogP contribution in [0.2, 0.25) is 0 Å². The molecule has 1 atom stereocenters. The summed E-state index contributed by atoms with van der Waals surface area (Å²) < 4.78 is 0. The normalized spacial score (nSPS) is 12.2. The van der Waals surface area contributed by atoms with Crippen molar-refractivity contribution in [1.29, 1.82) is 5.41 Å². The van der Waals surface area contributed by atoms with E-state index < -0.39 is 6.23 Å². The first-order chi connectivity index (χ1) is 5.13. The lowest BCUT2D eigenvalue weighted by Crippen LogP contribution is -2.43. The summed E-state index contributed by atoms with van der Waals surface area (Å²) in [5.41, 5.74) is 5.20. The molecule has 4 heteroatoms. The first kappa shape index (κ1) is 9.97. The van der Waals surface area contributed by atoms with Gasteiger partial charge < -0.3 is 15.7 Å². The van der Waals surface area contributed by atoms with Crippen LogP contribution in [-0.2, 0) is 0 Å². The van der Waals surface area contributed by atoms with Gasteiger partial charge in [-0.1, -0.05) is 13.5 Å². The summed E-state index contributed by atoms with van der Waals surface area (Å²) in [5.74, 6) is -0.126. The zero-order valence-corrected chi connectivity index (χ0v) is 6.75. The van der Waals surface area contributed by atoms with Crippen molar-refractivity contribution in [3.05, 3.63) is 12.7 Å². The molecule has 0 amide bonds. The van der Waals surface area contributed by atoms with Gasteiger partial charge in [-0.25, -0.2) is 0 Å². The van der Waals surface area contributed by atoms with Gasteiger partial charge in [0.1, 0.15) is 6.23 Å². The molecular formula is C7H15N3O. The van der Waals surface area contributed by atoms with Crippen LogP contribution >= 0.6 is 0 Å². The largest absolute Gasteiger partial charge is 0.370 e. The third kappa shape index (κ3) is 3.04. The highest BCUT2D eigenvalue weighted by Crippen LogP contribution is 1.97. The van der Waals surface area contributed by atoms with Gasteiger partial charge in [-0.3, -0.25) is 5.41 Å². The summed E-state index contributed by atoms with van der Waals surface area (Å²) in [4.78, 5) is 1.37. The van der Waals surface area contributed by atoms with E-state index in [1.807, 2.05) is 6.92 Å². The number of hydrogen-bond acceptors (Lipinski definition) is 2. The van der Waals surface area contributed by atoms with E-state index in [1.54, 1.807) is 0 Å². The maximum absolute atomic E-state index is 9.21. The number of hydrogen-bond donors (Lipinski definition) is 3. The molecule has 0 rings (SSSR count). The molecule has 0 aromatic heterocycles. The lowest BCUT2D eigenvalue weighted by Gasteiger charge is -2.25. The highest BCUT2D eigenvalue weighted by molar-refractivity contribution is 5.74. The summed E-state index contributed by atoms with van der Waals surface area (Å²) >= 11 is 0. The Bertz CT molecular complexity index is 147. The van der Waals surface area contributed by atoms with Gasteiger partial charge in [0, 0.05) is 6.54 Å². The Labute approximate surface area is 66.8 Å². The average Bonchev–Trinajstić information content (AvgIpc) is 1.98. The fraction of sp³-hybridized carbons (Fsp3) is 0.571. The molecule has 0 aromatic rings. The number of rotatable bonds is 4. The second kappa shape index (κ2) is 4.73. The van der Waals surface area contributed by atoms with Crippen LogP contribution in [0.1, 0.15) is 13.3 Å². The highest BCUT2D eigenvalue weighted by atomic mass is 16.3. The van der Waals surface area contributed by atoms with Crippen LogP contribution in [0.15, 0.2) is 12.7 Å². The van der Waals surface area contributed by atoms with E-state index in [0.29, 0.717) is 6.54 Å². The molecule has 4 nitrogen and oxygen atoms in total. The van der Waals surface area contributed by atoms with E-state index in [-0.39, 0.29) is 5.96 Å². The Balaban J connectivity index is 4.08. The Kier molecular flexibility index (Phi) is 4.29. The second-order valence-electron chi connectivity index (χ2n) is 2.23. The Morgan fingerprint density at radius 3 is 2.73 bits per heavy atom. The van der Waals surface area contributed by atoms with Crippen LogP contribution in [0.3, 0.4) is 0 Å². The van der Waals surface area contributed by atoms with Crippen LogP contribution in [0.5, 0.6) is 0 Å². The van der Waals surface area contributed by atoms with Crippen LogP contribution < -0.4 is 5.73 Å². The predicted molar refractivity (Wildman–Crippen MR) is 45.1 cm³/mol. The van der Waals surface area contributed by atoms with Gasteiger partial charge in [0.2, 0.25) is 0 Å². The molecule has 0 aliphatic rings. The number of aliphatic hydroxyl groups excluding tert-OH is 1. The number of guanidine groups is 1. The Morgan fingerprint density at radius 2 is 2.45 bits per heavy atom. The fourth-order valence-corrected chi connectivity index (χ4v) is 0.763. The minimum absolute atomic E-state index is 0.126. The molecule has 0 aromatic carbocycles. The second-order valence-corrected chi connectivity index (χ2v) is 2.23. The van der Waals surface area contributed by atoms with Crippen molar-refractivity contribution in [3.8, 4) is 0 Å². The van der Waals surface area contributed by atoms with Gasteiger partial charge in [0.05, 0.1) is 0 Å². The van der Waals surface area contributed by atoms with E-state index in [2.05, 4.69) is 6.58 Å². The number of aliphatic hydroxyl groups is 1. The topological polar surface area (TPSA) is 73.3 Å². The zero-order chi connectivity index (χ0) is 8.85. The quantitative estimate of drug-likeness (QED) is 0.234. The smallest absolute Gasteiger partial charge is 0.190 e. The third-order valence-corrected chi connectivity index (χ3v) is 1.30. The SMILES string of the molecule is C=CC(O)N(CCC)C(=N)N. The van der Waals surface area contributed by atoms with Crippen molar-refractivity contribution < 1.29 is 5.11 Å². The Hall–Kier alpha value is -1.03. The van der Waals surface area contributed by atoms with Crippen LogP contribution in [0.4, 0.5) is 0 Å². The summed E-state index contributed by atoms with van der Waals surface area (Å²) in [6.07, 6.45) is 1.34. The van der Waals surface area contributed by atoms with Crippen LogP contribution in [-0.4, -0.2) is 28.7 Å².